The number of rotatable bonds is 6. The maximum atomic E-state index is 12.2. The summed E-state index contributed by atoms with van der Waals surface area (Å²) in [6.07, 6.45) is 1.39. The van der Waals surface area contributed by atoms with E-state index in [4.69, 9.17) is 5.73 Å². The van der Waals surface area contributed by atoms with Crippen molar-refractivity contribution in [2.75, 3.05) is 28.6 Å². The molecule has 1 aliphatic rings. The van der Waals surface area contributed by atoms with E-state index in [-0.39, 0.29) is 18.4 Å². The third-order valence-corrected chi connectivity index (χ3v) is 4.16. The lowest BCUT2D eigenvalue weighted by Gasteiger charge is -2.20. The highest BCUT2D eigenvalue weighted by molar-refractivity contribution is 6.00. The van der Waals surface area contributed by atoms with Gasteiger partial charge in [-0.15, -0.1) is 0 Å². The lowest BCUT2D eigenvalue weighted by Crippen LogP contribution is -2.26. The summed E-state index contributed by atoms with van der Waals surface area (Å²) in [5, 5.41) is 5.82. The molecule has 7 heteroatoms. The number of carbonyl (C=O) groups excluding carboxylic acids is 3. The van der Waals surface area contributed by atoms with E-state index >= 15 is 0 Å². The number of benzene rings is 2. The van der Waals surface area contributed by atoms with Crippen molar-refractivity contribution >= 4 is 34.8 Å². The molecule has 3 rings (SSSR count). The highest BCUT2D eigenvalue weighted by Gasteiger charge is 2.23. The molecule has 1 heterocycles. The van der Waals surface area contributed by atoms with Gasteiger partial charge in [0.1, 0.15) is 0 Å². The number of nitrogens with one attached hydrogen (secondary N) is 2. The number of carbonyl (C=O) groups is 3. The van der Waals surface area contributed by atoms with E-state index in [1.54, 1.807) is 29.2 Å². The highest BCUT2D eigenvalue weighted by Crippen LogP contribution is 2.29. The average Bonchev–Trinajstić information content (AvgIpc) is 3.06. The Hall–Kier alpha value is -3.35. The van der Waals surface area contributed by atoms with Gasteiger partial charge in [-0.1, -0.05) is 12.1 Å². The molecule has 26 heavy (non-hydrogen) atoms. The van der Waals surface area contributed by atoms with E-state index in [0.717, 1.165) is 17.8 Å². The van der Waals surface area contributed by atoms with Gasteiger partial charge in [0.25, 0.3) is 0 Å². The van der Waals surface area contributed by atoms with E-state index in [2.05, 4.69) is 10.6 Å². The summed E-state index contributed by atoms with van der Waals surface area (Å²) in [6.45, 7) is 0.743. The number of anilines is 3. The topological polar surface area (TPSA) is 105 Å². The molecule has 0 saturated carbocycles. The van der Waals surface area contributed by atoms with Crippen molar-refractivity contribution in [3.63, 3.8) is 0 Å². The minimum Gasteiger partial charge on any atom is -0.374 e. The molecule has 1 fully saturated rings. The molecule has 0 aliphatic carbocycles. The second-order valence-corrected chi connectivity index (χ2v) is 6.01. The fraction of sp³-hybridized carbons (Fsp3) is 0.211. The van der Waals surface area contributed by atoms with Gasteiger partial charge in [0.15, 0.2) is 0 Å². The molecule has 1 saturated heterocycles. The first kappa shape index (κ1) is 17.5. The van der Waals surface area contributed by atoms with Crippen LogP contribution in [0, 0.1) is 0 Å². The van der Waals surface area contributed by atoms with Crippen molar-refractivity contribution in [2.45, 2.75) is 12.8 Å². The maximum Gasteiger partial charge on any atom is 0.248 e. The first-order valence-electron chi connectivity index (χ1n) is 8.37. The zero-order valence-corrected chi connectivity index (χ0v) is 14.2. The van der Waals surface area contributed by atoms with E-state index in [9.17, 15) is 14.4 Å². The van der Waals surface area contributed by atoms with Gasteiger partial charge in [-0.3, -0.25) is 14.4 Å². The third kappa shape index (κ3) is 4.00. The second kappa shape index (κ2) is 7.69. The van der Waals surface area contributed by atoms with Crippen molar-refractivity contribution in [2.24, 2.45) is 5.73 Å². The van der Waals surface area contributed by atoms with Crippen molar-refractivity contribution in [3.05, 3.63) is 54.1 Å². The molecule has 2 aromatic rings. The summed E-state index contributed by atoms with van der Waals surface area (Å²) in [7, 11) is 0. The zero-order chi connectivity index (χ0) is 18.5. The Kier molecular flexibility index (Phi) is 5.17. The van der Waals surface area contributed by atoms with Gasteiger partial charge in [0.2, 0.25) is 17.7 Å². The number of primary amides is 1. The summed E-state index contributed by atoms with van der Waals surface area (Å²) in [5.74, 6) is -0.657. The fourth-order valence-corrected chi connectivity index (χ4v) is 2.86. The van der Waals surface area contributed by atoms with Crippen LogP contribution in [0.4, 0.5) is 17.1 Å². The predicted octanol–water partition coefficient (Wildman–Crippen LogP) is 1.96. The number of nitrogens with two attached hydrogens (primary N) is 1. The van der Waals surface area contributed by atoms with E-state index in [1.165, 1.54) is 0 Å². The molecular weight excluding hydrogens is 332 g/mol. The van der Waals surface area contributed by atoms with Crippen LogP contribution in [0.1, 0.15) is 23.2 Å². The van der Waals surface area contributed by atoms with Gasteiger partial charge in [0.05, 0.1) is 17.9 Å². The Bertz CT molecular complexity index is 833. The Morgan fingerprint density at radius 3 is 2.46 bits per heavy atom. The Morgan fingerprint density at radius 1 is 1.08 bits per heavy atom. The first-order chi connectivity index (χ1) is 12.5. The number of hydrogen-bond donors (Lipinski definition) is 3. The molecule has 0 aromatic heterocycles. The van der Waals surface area contributed by atoms with E-state index < -0.39 is 5.91 Å². The molecule has 0 spiro atoms. The second-order valence-electron chi connectivity index (χ2n) is 6.01. The van der Waals surface area contributed by atoms with Gasteiger partial charge < -0.3 is 21.3 Å². The Balaban J connectivity index is 1.61. The summed E-state index contributed by atoms with van der Waals surface area (Å²) in [6, 6.07) is 13.8. The molecule has 4 N–H and O–H groups in total. The lowest BCUT2D eigenvalue weighted by atomic mass is 10.2. The minimum absolute atomic E-state index is 0.0522. The van der Waals surface area contributed by atoms with Gasteiger partial charge in [-0.2, -0.15) is 0 Å². The molecule has 1 aliphatic heterocycles. The molecule has 7 nitrogen and oxygen atoms in total. The van der Waals surface area contributed by atoms with Gasteiger partial charge in [-0.05, 0) is 42.8 Å². The number of hydrogen-bond acceptors (Lipinski definition) is 4. The van der Waals surface area contributed by atoms with Crippen LogP contribution in [0.2, 0.25) is 0 Å². The summed E-state index contributed by atoms with van der Waals surface area (Å²) in [4.78, 5) is 36.9. The van der Waals surface area contributed by atoms with Crippen LogP contribution in [0.5, 0.6) is 0 Å². The summed E-state index contributed by atoms with van der Waals surface area (Å²) < 4.78 is 0. The molecule has 0 radical (unpaired) electrons. The Morgan fingerprint density at radius 2 is 1.81 bits per heavy atom. The predicted molar refractivity (Wildman–Crippen MR) is 100 cm³/mol. The van der Waals surface area contributed by atoms with Gasteiger partial charge >= 0.3 is 0 Å². The van der Waals surface area contributed by atoms with E-state index in [0.29, 0.717) is 24.2 Å². The summed E-state index contributed by atoms with van der Waals surface area (Å²) >= 11 is 0. The van der Waals surface area contributed by atoms with Crippen LogP contribution in [0.15, 0.2) is 48.5 Å². The molecular formula is C19H20N4O3. The summed E-state index contributed by atoms with van der Waals surface area (Å²) in [5.41, 5.74) is 7.67. The average molecular weight is 352 g/mol. The van der Waals surface area contributed by atoms with Crippen LogP contribution in [-0.2, 0) is 9.59 Å². The molecule has 0 bridgehead atoms. The maximum absolute atomic E-state index is 12.2. The van der Waals surface area contributed by atoms with Crippen LogP contribution < -0.4 is 21.3 Å². The largest absolute Gasteiger partial charge is 0.374 e. The van der Waals surface area contributed by atoms with Crippen LogP contribution in [0.3, 0.4) is 0 Å². The number of para-hydroxylation sites is 2. The first-order valence-corrected chi connectivity index (χ1v) is 8.37. The monoisotopic (exact) mass is 352 g/mol. The van der Waals surface area contributed by atoms with E-state index in [1.807, 2.05) is 24.3 Å². The smallest absolute Gasteiger partial charge is 0.248 e. The number of amides is 3. The fourth-order valence-electron chi connectivity index (χ4n) is 2.86. The molecule has 2 aromatic carbocycles. The Labute approximate surface area is 151 Å². The molecule has 3 amide bonds. The van der Waals surface area contributed by atoms with Crippen LogP contribution >= 0.6 is 0 Å². The minimum atomic E-state index is -0.516. The zero-order valence-electron chi connectivity index (χ0n) is 14.2. The quantitative estimate of drug-likeness (QED) is 0.739. The molecule has 0 atom stereocenters. The van der Waals surface area contributed by atoms with Crippen LogP contribution in [0.25, 0.3) is 0 Å². The molecule has 134 valence electrons. The normalized spacial score (nSPS) is 13.5. The van der Waals surface area contributed by atoms with Gasteiger partial charge in [0, 0.05) is 24.2 Å². The van der Waals surface area contributed by atoms with Crippen molar-refractivity contribution in [3.8, 4) is 0 Å². The van der Waals surface area contributed by atoms with Crippen molar-refractivity contribution < 1.29 is 14.4 Å². The SMILES string of the molecule is NC(=O)c1ccc(NC(=O)CNc2ccccc2N2CCCC2=O)cc1. The highest BCUT2D eigenvalue weighted by atomic mass is 16.2. The van der Waals surface area contributed by atoms with Crippen molar-refractivity contribution in [1.29, 1.82) is 0 Å². The molecule has 0 unspecified atom stereocenters. The van der Waals surface area contributed by atoms with Gasteiger partial charge in [-0.25, -0.2) is 0 Å². The van der Waals surface area contributed by atoms with Crippen LogP contribution in [-0.4, -0.2) is 30.8 Å². The lowest BCUT2D eigenvalue weighted by molar-refractivity contribution is -0.117. The third-order valence-electron chi connectivity index (χ3n) is 4.16. The standard InChI is InChI=1S/C19H20N4O3/c20-19(26)13-7-9-14(10-8-13)22-17(24)12-21-15-4-1-2-5-16(15)23-11-3-6-18(23)25/h1-2,4-5,7-10,21H,3,6,11-12H2,(H2,20,26)(H,22,24). The number of nitrogens with zero attached hydrogens (tertiary/aromatic N) is 1. The van der Waals surface area contributed by atoms with Crippen molar-refractivity contribution in [1.82, 2.24) is 0 Å².